The predicted octanol–water partition coefficient (Wildman–Crippen LogP) is 2.70. The molecule has 6 nitrogen and oxygen atoms in total. The van der Waals surface area contributed by atoms with Crippen LogP contribution in [0.4, 0.5) is 0 Å². The lowest BCUT2D eigenvalue weighted by molar-refractivity contribution is 0.0926. The van der Waals surface area contributed by atoms with E-state index in [9.17, 15) is 4.79 Å². The van der Waals surface area contributed by atoms with Crippen molar-refractivity contribution >= 4 is 11.6 Å². The molecule has 0 spiro atoms. The Morgan fingerprint density at radius 1 is 1.33 bits per heavy atom. The number of nitrogens with zero attached hydrogens (tertiary/aromatic N) is 2. The van der Waals surface area contributed by atoms with Crippen LogP contribution in [0.15, 0.2) is 48.8 Å². The number of hydrogen-bond donors (Lipinski definition) is 2. The number of carbonyl (C=O) groups excluding carboxylic acids is 1. The van der Waals surface area contributed by atoms with Gasteiger partial charge in [-0.1, -0.05) is 18.2 Å². The molecule has 0 bridgehead atoms. The van der Waals surface area contributed by atoms with Crippen LogP contribution in [0, 0.1) is 6.92 Å². The Balaban J connectivity index is 1.47. The third kappa shape index (κ3) is 3.95. The molecular formula is C21H24N4O2. The highest BCUT2D eigenvalue weighted by atomic mass is 16.5. The number of imidazole rings is 1. The number of fused-ring (bicyclic) bond motifs is 1. The monoisotopic (exact) mass is 364 g/mol. The Kier molecular flexibility index (Phi) is 5.07. The number of pyridine rings is 1. The molecule has 0 aliphatic carbocycles. The zero-order valence-corrected chi connectivity index (χ0v) is 15.4. The number of hydrogen-bond acceptors (Lipinski definition) is 4. The molecule has 1 amide bonds. The summed E-state index contributed by atoms with van der Waals surface area (Å²) in [6, 6.07) is 11.6. The predicted molar refractivity (Wildman–Crippen MR) is 104 cm³/mol. The SMILES string of the molecule is Cc1cccn2cc(COc3ccccc3C(=O)N[C@H]3CCCNC3)nc12. The topological polar surface area (TPSA) is 67.7 Å². The first-order chi connectivity index (χ1) is 13.2. The summed E-state index contributed by atoms with van der Waals surface area (Å²) in [7, 11) is 0. The zero-order valence-electron chi connectivity index (χ0n) is 15.4. The van der Waals surface area contributed by atoms with Crippen LogP contribution < -0.4 is 15.4 Å². The highest BCUT2D eigenvalue weighted by Crippen LogP contribution is 2.20. The number of rotatable bonds is 5. The third-order valence-electron chi connectivity index (χ3n) is 4.87. The smallest absolute Gasteiger partial charge is 0.255 e. The lowest BCUT2D eigenvalue weighted by Crippen LogP contribution is -2.45. The van der Waals surface area contributed by atoms with Gasteiger partial charge in [-0.15, -0.1) is 0 Å². The molecule has 2 N–H and O–H groups in total. The molecule has 1 fully saturated rings. The van der Waals surface area contributed by atoms with Gasteiger partial charge in [0.25, 0.3) is 5.91 Å². The number of ether oxygens (including phenoxy) is 1. The van der Waals surface area contributed by atoms with Gasteiger partial charge in [0.2, 0.25) is 0 Å². The van der Waals surface area contributed by atoms with Gasteiger partial charge in [0, 0.05) is 25.0 Å². The molecule has 0 radical (unpaired) electrons. The lowest BCUT2D eigenvalue weighted by atomic mass is 10.1. The number of nitrogens with one attached hydrogen (secondary N) is 2. The fourth-order valence-electron chi connectivity index (χ4n) is 3.44. The van der Waals surface area contributed by atoms with Crippen molar-refractivity contribution in [3.05, 3.63) is 65.6 Å². The molecule has 0 saturated carbocycles. The van der Waals surface area contributed by atoms with Crippen molar-refractivity contribution in [2.45, 2.75) is 32.4 Å². The second kappa shape index (κ2) is 7.80. The van der Waals surface area contributed by atoms with E-state index >= 15 is 0 Å². The van der Waals surface area contributed by atoms with Gasteiger partial charge in [0.1, 0.15) is 18.0 Å². The molecule has 27 heavy (non-hydrogen) atoms. The van der Waals surface area contributed by atoms with E-state index in [1.807, 2.05) is 54.0 Å². The Hall–Kier alpha value is -2.86. The standard InChI is InChI=1S/C21H24N4O2/c1-15-6-5-11-25-13-17(23-20(15)25)14-27-19-9-3-2-8-18(19)21(26)24-16-7-4-10-22-12-16/h2-3,5-6,8-9,11,13,16,22H,4,7,10,12,14H2,1H3,(H,24,26)/t16-/m0/s1. The summed E-state index contributed by atoms with van der Waals surface area (Å²) in [6.07, 6.45) is 6.01. The largest absolute Gasteiger partial charge is 0.486 e. The first kappa shape index (κ1) is 17.5. The molecular weight excluding hydrogens is 340 g/mol. The Bertz CT molecular complexity index is 944. The summed E-state index contributed by atoms with van der Waals surface area (Å²) in [6.45, 7) is 4.18. The number of carbonyl (C=O) groups is 1. The summed E-state index contributed by atoms with van der Waals surface area (Å²) in [4.78, 5) is 17.3. The van der Waals surface area contributed by atoms with Crippen LogP contribution in [0.2, 0.25) is 0 Å². The van der Waals surface area contributed by atoms with E-state index in [1.54, 1.807) is 6.07 Å². The van der Waals surface area contributed by atoms with E-state index in [2.05, 4.69) is 15.6 Å². The van der Waals surface area contributed by atoms with Crippen molar-refractivity contribution in [3.63, 3.8) is 0 Å². The van der Waals surface area contributed by atoms with Gasteiger partial charge in [-0.3, -0.25) is 4.79 Å². The van der Waals surface area contributed by atoms with Crippen molar-refractivity contribution < 1.29 is 9.53 Å². The van der Waals surface area contributed by atoms with Gasteiger partial charge in [-0.2, -0.15) is 0 Å². The summed E-state index contributed by atoms with van der Waals surface area (Å²) in [5.74, 6) is 0.484. The molecule has 3 heterocycles. The van der Waals surface area contributed by atoms with Crippen molar-refractivity contribution in [2.75, 3.05) is 13.1 Å². The molecule has 1 aliphatic heterocycles. The van der Waals surface area contributed by atoms with Gasteiger partial charge in [-0.05, 0) is 50.1 Å². The van der Waals surface area contributed by atoms with Crippen LogP contribution in [0.25, 0.3) is 5.65 Å². The third-order valence-corrected chi connectivity index (χ3v) is 4.87. The fourth-order valence-corrected chi connectivity index (χ4v) is 3.44. The van der Waals surface area contributed by atoms with Gasteiger partial charge < -0.3 is 19.8 Å². The Labute approximate surface area is 158 Å². The molecule has 1 atom stereocenters. The highest BCUT2D eigenvalue weighted by molar-refractivity contribution is 5.97. The first-order valence-corrected chi connectivity index (χ1v) is 9.37. The van der Waals surface area contributed by atoms with Gasteiger partial charge in [-0.25, -0.2) is 4.98 Å². The van der Waals surface area contributed by atoms with Crippen molar-refractivity contribution in [2.24, 2.45) is 0 Å². The van der Waals surface area contributed by atoms with Crippen molar-refractivity contribution in [1.82, 2.24) is 20.0 Å². The molecule has 140 valence electrons. The van der Waals surface area contributed by atoms with Crippen LogP contribution in [0.5, 0.6) is 5.75 Å². The van der Waals surface area contributed by atoms with Gasteiger partial charge >= 0.3 is 0 Å². The van der Waals surface area contributed by atoms with E-state index < -0.39 is 0 Å². The summed E-state index contributed by atoms with van der Waals surface area (Å²) >= 11 is 0. The van der Waals surface area contributed by atoms with Crippen LogP contribution in [0.1, 0.15) is 34.5 Å². The maximum atomic E-state index is 12.7. The van der Waals surface area contributed by atoms with Crippen molar-refractivity contribution in [3.8, 4) is 5.75 Å². The quantitative estimate of drug-likeness (QED) is 0.730. The maximum Gasteiger partial charge on any atom is 0.255 e. The molecule has 1 aromatic carbocycles. The summed E-state index contributed by atoms with van der Waals surface area (Å²) in [5, 5.41) is 6.42. The summed E-state index contributed by atoms with van der Waals surface area (Å²) < 4.78 is 7.94. The lowest BCUT2D eigenvalue weighted by Gasteiger charge is -2.24. The van der Waals surface area contributed by atoms with Gasteiger partial charge in [0.15, 0.2) is 0 Å². The van der Waals surface area contributed by atoms with Crippen LogP contribution >= 0.6 is 0 Å². The molecule has 1 saturated heterocycles. The van der Waals surface area contributed by atoms with Crippen molar-refractivity contribution in [1.29, 1.82) is 0 Å². The number of para-hydroxylation sites is 1. The minimum absolute atomic E-state index is 0.0925. The second-order valence-electron chi connectivity index (χ2n) is 6.96. The molecule has 6 heteroatoms. The van der Waals surface area contributed by atoms with E-state index in [4.69, 9.17) is 4.74 Å². The van der Waals surface area contributed by atoms with E-state index in [0.29, 0.717) is 17.9 Å². The molecule has 0 unspecified atom stereocenters. The fraction of sp³-hybridized carbons (Fsp3) is 0.333. The second-order valence-corrected chi connectivity index (χ2v) is 6.96. The molecule has 2 aromatic heterocycles. The minimum atomic E-state index is -0.0925. The molecule has 1 aliphatic rings. The maximum absolute atomic E-state index is 12.7. The normalized spacial score (nSPS) is 17.0. The molecule has 3 aromatic rings. The van der Waals surface area contributed by atoms with E-state index in [-0.39, 0.29) is 11.9 Å². The van der Waals surface area contributed by atoms with Crippen LogP contribution in [-0.2, 0) is 6.61 Å². The highest BCUT2D eigenvalue weighted by Gasteiger charge is 2.19. The van der Waals surface area contributed by atoms with Crippen LogP contribution in [0.3, 0.4) is 0 Å². The summed E-state index contributed by atoms with van der Waals surface area (Å²) in [5.41, 5.74) is 3.43. The Morgan fingerprint density at radius 3 is 3.04 bits per heavy atom. The van der Waals surface area contributed by atoms with Crippen LogP contribution in [-0.4, -0.2) is 34.4 Å². The van der Waals surface area contributed by atoms with E-state index in [1.165, 1.54) is 0 Å². The average Bonchev–Trinajstić information content (AvgIpc) is 3.12. The Morgan fingerprint density at radius 2 is 2.22 bits per heavy atom. The number of aromatic nitrogens is 2. The molecule has 4 rings (SSSR count). The average molecular weight is 364 g/mol. The van der Waals surface area contributed by atoms with Gasteiger partial charge in [0.05, 0.1) is 11.3 Å². The number of benzene rings is 1. The minimum Gasteiger partial charge on any atom is -0.486 e. The van der Waals surface area contributed by atoms with E-state index in [0.717, 1.165) is 42.8 Å². The number of aryl methyl sites for hydroxylation is 1. The number of piperidine rings is 1. The number of amides is 1. The first-order valence-electron chi connectivity index (χ1n) is 9.37. The zero-order chi connectivity index (χ0) is 18.6.